The van der Waals surface area contributed by atoms with Crippen molar-refractivity contribution >= 4 is 5.91 Å². The number of piperidine rings is 1. The number of imidazole rings is 1. The lowest BCUT2D eigenvalue weighted by atomic mass is 9.87. The molecule has 1 aromatic heterocycles. The number of carbonyl (C=O) groups excluding carboxylic acids is 1. The summed E-state index contributed by atoms with van der Waals surface area (Å²) in [4.78, 5) is 22.8. The van der Waals surface area contributed by atoms with Crippen molar-refractivity contribution in [1.82, 2.24) is 20.2 Å². The maximum atomic E-state index is 13.1. The number of aliphatic hydroxyl groups is 1. The highest BCUT2D eigenvalue weighted by Crippen LogP contribution is 2.25. The zero-order chi connectivity index (χ0) is 20.3. The minimum Gasteiger partial charge on any atom is -0.394 e. The number of carbonyl (C=O) groups is 1. The molecule has 1 fully saturated rings. The molecule has 1 amide bonds. The quantitative estimate of drug-likeness (QED) is 0.715. The molecule has 0 atom stereocenters. The molecule has 2 aromatic rings. The topological polar surface area (TPSA) is 81.2 Å². The van der Waals surface area contributed by atoms with Gasteiger partial charge < -0.3 is 20.3 Å². The van der Waals surface area contributed by atoms with Gasteiger partial charge in [0.1, 0.15) is 11.5 Å². The molecule has 0 aliphatic carbocycles. The Morgan fingerprint density at radius 2 is 2.04 bits per heavy atom. The summed E-state index contributed by atoms with van der Waals surface area (Å²) >= 11 is 0. The number of aromatic nitrogens is 2. The Morgan fingerprint density at radius 1 is 1.32 bits per heavy atom. The number of hydrogen-bond acceptors (Lipinski definition) is 4. The molecular weight excluding hydrogens is 352 g/mol. The fourth-order valence-electron chi connectivity index (χ4n) is 3.70. The van der Waals surface area contributed by atoms with E-state index in [-0.39, 0.29) is 18.1 Å². The van der Waals surface area contributed by atoms with Crippen LogP contribution in [0.25, 0.3) is 11.4 Å². The van der Waals surface area contributed by atoms with E-state index in [2.05, 4.69) is 35.2 Å². The van der Waals surface area contributed by atoms with Gasteiger partial charge in [0, 0.05) is 29.9 Å². The zero-order valence-corrected chi connectivity index (χ0v) is 17.4. The highest BCUT2D eigenvalue weighted by Gasteiger charge is 2.36. The first-order valence-corrected chi connectivity index (χ1v) is 10.1. The van der Waals surface area contributed by atoms with Crippen LogP contribution in [-0.2, 0) is 0 Å². The summed E-state index contributed by atoms with van der Waals surface area (Å²) < 4.78 is 0. The zero-order valence-electron chi connectivity index (χ0n) is 17.4. The van der Waals surface area contributed by atoms with Crippen molar-refractivity contribution < 1.29 is 9.90 Å². The van der Waals surface area contributed by atoms with Gasteiger partial charge in [-0.1, -0.05) is 37.6 Å². The normalized spacial score (nSPS) is 16.6. The Hall–Kier alpha value is -2.18. The van der Waals surface area contributed by atoms with Gasteiger partial charge in [0.2, 0.25) is 0 Å². The van der Waals surface area contributed by atoms with Crippen molar-refractivity contribution in [3.05, 3.63) is 41.2 Å². The Kier molecular flexibility index (Phi) is 6.20. The molecular formula is C22H32N4O2. The van der Waals surface area contributed by atoms with Crippen LogP contribution < -0.4 is 5.32 Å². The van der Waals surface area contributed by atoms with Crippen LogP contribution in [0.2, 0.25) is 0 Å². The fourth-order valence-corrected chi connectivity index (χ4v) is 3.70. The molecule has 0 bridgehead atoms. The Labute approximate surface area is 167 Å². The highest BCUT2D eigenvalue weighted by molar-refractivity contribution is 5.94. The Bertz CT molecular complexity index is 820. The third-order valence-electron chi connectivity index (χ3n) is 5.57. The largest absolute Gasteiger partial charge is 0.394 e. The molecule has 28 heavy (non-hydrogen) atoms. The van der Waals surface area contributed by atoms with E-state index in [1.54, 1.807) is 0 Å². The summed E-state index contributed by atoms with van der Waals surface area (Å²) in [5.41, 5.74) is 3.14. The molecule has 0 spiro atoms. The predicted octanol–water partition coefficient (Wildman–Crippen LogP) is 2.91. The van der Waals surface area contributed by atoms with Crippen LogP contribution in [-0.4, -0.2) is 57.7 Å². The molecule has 2 heterocycles. The summed E-state index contributed by atoms with van der Waals surface area (Å²) in [5.74, 6) is 1.21. The number of aliphatic hydroxyl groups excluding tert-OH is 1. The summed E-state index contributed by atoms with van der Waals surface area (Å²) in [7, 11) is 0. The summed E-state index contributed by atoms with van der Waals surface area (Å²) in [6.45, 7) is 10.5. The van der Waals surface area contributed by atoms with E-state index in [0.717, 1.165) is 42.0 Å². The minimum absolute atomic E-state index is 0.0388. The van der Waals surface area contributed by atoms with Gasteiger partial charge in [0.25, 0.3) is 5.91 Å². The van der Waals surface area contributed by atoms with Crippen LogP contribution in [0.4, 0.5) is 0 Å². The molecule has 0 saturated carbocycles. The molecule has 3 N–H and O–H groups in total. The van der Waals surface area contributed by atoms with Crippen molar-refractivity contribution in [2.24, 2.45) is 5.92 Å². The number of aromatic amines is 1. The average molecular weight is 385 g/mol. The Morgan fingerprint density at radius 3 is 2.64 bits per heavy atom. The monoisotopic (exact) mass is 384 g/mol. The van der Waals surface area contributed by atoms with Gasteiger partial charge in [0.15, 0.2) is 0 Å². The van der Waals surface area contributed by atoms with Crippen molar-refractivity contribution in [2.45, 2.75) is 46.1 Å². The first-order chi connectivity index (χ1) is 13.3. The molecule has 3 rings (SSSR count). The lowest BCUT2D eigenvalue weighted by Gasteiger charge is -2.41. The van der Waals surface area contributed by atoms with Gasteiger partial charge in [-0.2, -0.15) is 0 Å². The lowest BCUT2D eigenvalue weighted by molar-refractivity contribution is 0.0519. The number of benzene rings is 1. The van der Waals surface area contributed by atoms with E-state index in [1.807, 2.05) is 36.9 Å². The number of H-pyrrole nitrogens is 1. The van der Waals surface area contributed by atoms with E-state index in [9.17, 15) is 9.90 Å². The van der Waals surface area contributed by atoms with Crippen molar-refractivity contribution in [3.63, 3.8) is 0 Å². The van der Waals surface area contributed by atoms with Gasteiger partial charge in [0.05, 0.1) is 6.61 Å². The number of hydrogen-bond donors (Lipinski definition) is 3. The number of rotatable bonds is 6. The molecule has 1 aliphatic rings. The standard InChI is InChI=1S/C22H32N4O2/c1-15(2)13-23-22(14-27)8-10-26(11-9-22)21(28)19-17(4)24-20(25-19)18-7-5-6-16(3)12-18/h5-7,12,15,23,27H,8-11,13-14H2,1-4H3,(H,24,25). The molecule has 1 aromatic carbocycles. The van der Waals surface area contributed by atoms with Crippen LogP contribution in [0.15, 0.2) is 24.3 Å². The molecule has 6 heteroatoms. The van der Waals surface area contributed by atoms with Crippen molar-refractivity contribution in [3.8, 4) is 11.4 Å². The first kappa shape index (κ1) is 20.6. The molecule has 6 nitrogen and oxygen atoms in total. The van der Waals surface area contributed by atoms with Gasteiger partial charge in [-0.05, 0) is 45.2 Å². The van der Waals surface area contributed by atoms with Crippen LogP contribution in [0.5, 0.6) is 0 Å². The van der Waals surface area contributed by atoms with Crippen LogP contribution >= 0.6 is 0 Å². The van der Waals surface area contributed by atoms with E-state index < -0.39 is 0 Å². The Balaban J connectivity index is 1.70. The predicted molar refractivity (Wildman–Crippen MR) is 111 cm³/mol. The van der Waals surface area contributed by atoms with Gasteiger partial charge in [-0.3, -0.25) is 4.79 Å². The van der Waals surface area contributed by atoms with Crippen molar-refractivity contribution in [2.75, 3.05) is 26.2 Å². The summed E-state index contributed by atoms with van der Waals surface area (Å²) in [5, 5.41) is 13.4. The molecule has 1 aliphatic heterocycles. The third-order valence-corrected chi connectivity index (χ3v) is 5.57. The van der Waals surface area contributed by atoms with E-state index >= 15 is 0 Å². The van der Waals surface area contributed by atoms with Gasteiger partial charge in [-0.25, -0.2) is 4.98 Å². The first-order valence-electron chi connectivity index (χ1n) is 10.1. The smallest absolute Gasteiger partial charge is 0.274 e. The second kappa shape index (κ2) is 8.45. The van der Waals surface area contributed by atoms with Gasteiger partial charge >= 0.3 is 0 Å². The summed E-state index contributed by atoms with van der Waals surface area (Å²) in [6.07, 6.45) is 1.49. The summed E-state index contributed by atoms with van der Waals surface area (Å²) in [6, 6.07) is 8.09. The van der Waals surface area contributed by atoms with Crippen LogP contribution in [0.3, 0.4) is 0 Å². The number of amides is 1. The number of aryl methyl sites for hydroxylation is 2. The third kappa shape index (κ3) is 4.45. The van der Waals surface area contributed by atoms with E-state index in [4.69, 9.17) is 0 Å². The van der Waals surface area contributed by atoms with Crippen LogP contribution in [0.1, 0.15) is 48.4 Å². The van der Waals surface area contributed by atoms with E-state index in [1.165, 1.54) is 0 Å². The molecule has 0 unspecified atom stereocenters. The average Bonchev–Trinajstić information content (AvgIpc) is 3.08. The van der Waals surface area contributed by atoms with E-state index in [0.29, 0.717) is 24.7 Å². The van der Waals surface area contributed by atoms with Crippen molar-refractivity contribution in [1.29, 1.82) is 0 Å². The highest BCUT2D eigenvalue weighted by atomic mass is 16.3. The molecule has 152 valence electrons. The van der Waals surface area contributed by atoms with Gasteiger partial charge in [-0.15, -0.1) is 0 Å². The SMILES string of the molecule is Cc1cccc(-c2nc(C(=O)N3CCC(CO)(NCC(C)C)CC3)c(C)[nH]2)c1. The fraction of sp³-hybridized carbons (Fsp3) is 0.545. The maximum Gasteiger partial charge on any atom is 0.274 e. The van der Waals surface area contributed by atoms with Crippen LogP contribution in [0, 0.1) is 19.8 Å². The molecule has 0 radical (unpaired) electrons. The maximum absolute atomic E-state index is 13.1. The number of likely N-dealkylation sites (tertiary alicyclic amines) is 1. The second-order valence-corrected chi connectivity index (χ2v) is 8.43. The minimum atomic E-state index is -0.283. The number of nitrogens with one attached hydrogen (secondary N) is 2. The second-order valence-electron chi connectivity index (χ2n) is 8.43. The number of nitrogens with zero attached hydrogens (tertiary/aromatic N) is 2. The lowest BCUT2D eigenvalue weighted by Crippen LogP contribution is -2.57. The molecule has 1 saturated heterocycles.